The van der Waals surface area contributed by atoms with Crippen molar-refractivity contribution in [1.29, 1.82) is 0 Å². The Hall–Kier alpha value is -3.59. The third-order valence-corrected chi connectivity index (χ3v) is 5.02. The van der Waals surface area contributed by atoms with Crippen molar-refractivity contribution in [1.82, 2.24) is 15.6 Å². The number of ether oxygens (including phenoxy) is 1. The molecule has 1 fully saturated rings. The first-order valence-electron chi connectivity index (χ1n) is 8.57. The van der Waals surface area contributed by atoms with Gasteiger partial charge in [0.1, 0.15) is 17.1 Å². The molecule has 0 atom stereocenters. The number of fused-ring (bicyclic) bond motifs is 1. The number of furan rings is 1. The van der Waals surface area contributed by atoms with Gasteiger partial charge in [0.2, 0.25) is 0 Å². The Morgan fingerprint density at radius 3 is 2.76 bits per heavy atom. The molecule has 0 aliphatic carbocycles. The van der Waals surface area contributed by atoms with E-state index in [1.807, 2.05) is 24.3 Å². The van der Waals surface area contributed by atoms with Gasteiger partial charge in [-0.1, -0.05) is 12.1 Å². The molecule has 0 bridgehead atoms. The second kappa shape index (κ2) is 7.80. The molecule has 0 saturated carbocycles. The molecule has 3 amide bonds. The molecule has 0 radical (unpaired) electrons. The number of nitrogens with one attached hydrogen (secondary N) is 2. The van der Waals surface area contributed by atoms with Crippen LogP contribution < -0.4 is 15.4 Å². The molecule has 4 rings (SSSR count). The highest BCUT2D eigenvalue weighted by Crippen LogP contribution is 2.29. The summed E-state index contributed by atoms with van der Waals surface area (Å²) in [4.78, 5) is 39.9. The highest BCUT2D eigenvalue weighted by Gasteiger charge is 2.25. The second-order valence-corrected chi connectivity index (χ2v) is 7.15. The van der Waals surface area contributed by atoms with Crippen molar-refractivity contribution < 1.29 is 23.5 Å². The third kappa shape index (κ3) is 3.99. The molecule has 29 heavy (non-hydrogen) atoms. The summed E-state index contributed by atoms with van der Waals surface area (Å²) < 4.78 is 10.9. The number of rotatable bonds is 5. The summed E-state index contributed by atoms with van der Waals surface area (Å²) in [5, 5.41) is 5.19. The zero-order valence-electron chi connectivity index (χ0n) is 15.2. The largest absolute Gasteiger partial charge is 0.497 e. The van der Waals surface area contributed by atoms with Gasteiger partial charge in [-0.2, -0.15) is 0 Å². The number of nitrogens with zero attached hydrogens (tertiary/aromatic N) is 1. The highest BCUT2D eigenvalue weighted by molar-refractivity contribution is 8.18. The van der Waals surface area contributed by atoms with Gasteiger partial charge in [-0.25, -0.2) is 0 Å². The lowest BCUT2D eigenvalue weighted by Gasteiger charge is -2.06. The minimum absolute atomic E-state index is 0.229. The number of carbonyl (C=O) groups excluding carboxylic acids is 3. The van der Waals surface area contributed by atoms with E-state index in [0.717, 1.165) is 23.1 Å². The fourth-order valence-electron chi connectivity index (χ4n) is 2.79. The molecule has 146 valence electrons. The van der Waals surface area contributed by atoms with Crippen molar-refractivity contribution in [3.05, 3.63) is 64.5 Å². The maximum absolute atomic E-state index is 12.6. The first-order valence-corrected chi connectivity index (χ1v) is 9.38. The van der Waals surface area contributed by atoms with E-state index in [2.05, 4.69) is 15.6 Å². The number of benzene rings is 1. The number of imide groups is 1. The monoisotopic (exact) mass is 409 g/mol. The Bertz CT molecular complexity index is 1150. The van der Waals surface area contributed by atoms with Gasteiger partial charge in [-0.15, -0.1) is 0 Å². The van der Waals surface area contributed by atoms with Gasteiger partial charge in [-0.05, 0) is 35.5 Å². The molecule has 0 unspecified atom stereocenters. The summed E-state index contributed by atoms with van der Waals surface area (Å²) in [6.45, 7) is 0.329. The van der Waals surface area contributed by atoms with Crippen LogP contribution in [0.3, 0.4) is 0 Å². The normalized spacial score (nSPS) is 15.0. The highest BCUT2D eigenvalue weighted by atomic mass is 32.2. The Morgan fingerprint density at radius 2 is 2.07 bits per heavy atom. The summed E-state index contributed by atoms with van der Waals surface area (Å²) in [6.07, 6.45) is 4.45. The molecule has 8 nitrogen and oxygen atoms in total. The Kier molecular flexibility index (Phi) is 5.05. The van der Waals surface area contributed by atoms with Gasteiger partial charge < -0.3 is 14.5 Å². The summed E-state index contributed by atoms with van der Waals surface area (Å²) in [5.74, 6) is 0.276. The van der Waals surface area contributed by atoms with Crippen molar-refractivity contribution in [3.8, 4) is 5.75 Å². The lowest BCUT2D eigenvalue weighted by molar-refractivity contribution is -0.115. The molecular weight excluding hydrogens is 394 g/mol. The van der Waals surface area contributed by atoms with Crippen LogP contribution in [0.1, 0.15) is 21.7 Å². The van der Waals surface area contributed by atoms with Crippen LogP contribution in [0.5, 0.6) is 5.75 Å². The standard InChI is InChI=1S/C20H15N3O5S/c1-27-13-4-2-11(3-5-13)8-22-18(24)15-10-21-9-12-6-14(28-17(12)15)7-16-19(25)23-20(26)29-16/h2-7,9-10H,8H2,1H3,(H,22,24)(H,23,25,26)/b16-7+. The number of aromatic nitrogens is 1. The maximum atomic E-state index is 12.6. The summed E-state index contributed by atoms with van der Waals surface area (Å²) in [5.41, 5.74) is 1.55. The number of thioether (sulfide) groups is 1. The molecule has 1 aliphatic heterocycles. The first kappa shape index (κ1) is 18.8. The Labute approximate surface area is 169 Å². The Balaban J connectivity index is 1.54. The third-order valence-electron chi connectivity index (χ3n) is 4.21. The molecule has 0 spiro atoms. The van der Waals surface area contributed by atoms with Gasteiger partial charge in [0.15, 0.2) is 5.58 Å². The van der Waals surface area contributed by atoms with Crippen molar-refractivity contribution >= 4 is 45.9 Å². The van der Waals surface area contributed by atoms with Crippen molar-refractivity contribution in [2.75, 3.05) is 7.11 Å². The van der Waals surface area contributed by atoms with Crippen LogP contribution in [0.4, 0.5) is 4.79 Å². The van der Waals surface area contributed by atoms with Gasteiger partial charge in [0, 0.05) is 30.4 Å². The fraction of sp³-hybridized carbons (Fsp3) is 0.100. The minimum atomic E-state index is -0.476. The van der Waals surface area contributed by atoms with Crippen LogP contribution in [-0.4, -0.2) is 29.1 Å². The number of hydrogen-bond acceptors (Lipinski definition) is 7. The summed E-state index contributed by atoms with van der Waals surface area (Å²) in [6, 6.07) is 9.02. The first-order chi connectivity index (χ1) is 14.0. The molecule has 3 heterocycles. The molecule has 3 aromatic rings. The zero-order chi connectivity index (χ0) is 20.4. The van der Waals surface area contributed by atoms with Crippen molar-refractivity contribution in [3.63, 3.8) is 0 Å². The number of methoxy groups -OCH3 is 1. The van der Waals surface area contributed by atoms with E-state index in [9.17, 15) is 14.4 Å². The number of carbonyl (C=O) groups is 3. The van der Waals surface area contributed by atoms with Crippen LogP contribution in [0.25, 0.3) is 17.0 Å². The second-order valence-electron chi connectivity index (χ2n) is 6.14. The zero-order valence-corrected chi connectivity index (χ0v) is 16.0. The minimum Gasteiger partial charge on any atom is -0.497 e. The quantitative estimate of drug-likeness (QED) is 0.623. The van der Waals surface area contributed by atoms with Crippen LogP contribution in [0, 0.1) is 0 Å². The lowest BCUT2D eigenvalue weighted by Crippen LogP contribution is -2.23. The van der Waals surface area contributed by atoms with Gasteiger partial charge in [0.25, 0.3) is 17.1 Å². The number of hydrogen-bond donors (Lipinski definition) is 2. The van der Waals surface area contributed by atoms with Crippen LogP contribution in [0.2, 0.25) is 0 Å². The SMILES string of the molecule is COc1ccc(CNC(=O)c2cncc3cc(/C=C4/SC(=O)NC4=O)oc23)cc1. The van der Waals surface area contributed by atoms with Crippen LogP contribution in [-0.2, 0) is 11.3 Å². The number of pyridine rings is 1. The lowest BCUT2D eigenvalue weighted by atomic mass is 10.2. The molecule has 2 aromatic heterocycles. The summed E-state index contributed by atoms with van der Waals surface area (Å²) in [7, 11) is 1.59. The van der Waals surface area contributed by atoms with Crippen LogP contribution in [0.15, 0.2) is 52.0 Å². The van der Waals surface area contributed by atoms with Gasteiger partial charge >= 0.3 is 0 Å². The predicted molar refractivity (Wildman–Crippen MR) is 107 cm³/mol. The smallest absolute Gasteiger partial charge is 0.290 e. The Morgan fingerprint density at radius 1 is 1.28 bits per heavy atom. The topological polar surface area (TPSA) is 111 Å². The van der Waals surface area contributed by atoms with E-state index in [1.165, 1.54) is 12.3 Å². The van der Waals surface area contributed by atoms with E-state index in [1.54, 1.807) is 19.4 Å². The fourth-order valence-corrected chi connectivity index (χ4v) is 3.45. The molecule has 1 aromatic carbocycles. The number of amides is 3. The van der Waals surface area contributed by atoms with E-state index in [-0.39, 0.29) is 16.4 Å². The van der Waals surface area contributed by atoms with E-state index in [4.69, 9.17) is 9.15 Å². The summed E-state index contributed by atoms with van der Waals surface area (Å²) >= 11 is 0.795. The maximum Gasteiger partial charge on any atom is 0.290 e. The van der Waals surface area contributed by atoms with Crippen molar-refractivity contribution in [2.45, 2.75) is 6.54 Å². The molecular formula is C20H15N3O5S. The van der Waals surface area contributed by atoms with E-state index in [0.29, 0.717) is 23.3 Å². The molecule has 2 N–H and O–H groups in total. The predicted octanol–water partition coefficient (Wildman–Crippen LogP) is 3.09. The van der Waals surface area contributed by atoms with E-state index >= 15 is 0 Å². The average Bonchev–Trinajstić information content (AvgIpc) is 3.28. The van der Waals surface area contributed by atoms with Gasteiger partial charge in [-0.3, -0.25) is 24.7 Å². The molecule has 1 saturated heterocycles. The van der Waals surface area contributed by atoms with E-state index < -0.39 is 11.1 Å². The van der Waals surface area contributed by atoms with Crippen molar-refractivity contribution in [2.24, 2.45) is 0 Å². The average molecular weight is 409 g/mol. The molecule has 9 heteroatoms. The van der Waals surface area contributed by atoms with Gasteiger partial charge in [0.05, 0.1) is 12.0 Å². The molecule has 1 aliphatic rings. The van der Waals surface area contributed by atoms with Crippen LogP contribution >= 0.6 is 11.8 Å².